The summed E-state index contributed by atoms with van der Waals surface area (Å²) < 4.78 is 17.7. The fourth-order valence-corrected chi connectivity index (χ4v) is 6.49. The Labute approximate surface area is 339 Å². The molecule has 19 nitrogen and oxygen atoms in total. The van der Waals surface area contributed by atoms with Crippen molar-refractivity contribution in [2.24, 2.45) is 11.5 Å². The van der Waals surface area contributed by atoms with Crippen LogP contribution in [0.2, 0.25) is 0 Å². The highest BCUT2D eigenvalue weighted by molar-refractivity contribution is 6.04. The maximum atomic E-state index is 13.6. The number of nitrogens with two attached hydrogens (primary N) is 2. The molecule has 2 aromatic carbocycles. The highest BCUT2D eigenvalue weighted by Crippen LogP contribution is 2.24. The number of rotatable bonds is 20. The van der Waals surface area contributed by atoms with Crippen molar-refractivity contribution in [3.05, 3.63) is 94.6 Å². The van der Waals surface area contributed by atoms with Gasteiger partial charge in [0.1, 0.15) is 11.4 Å². The molecule has 6 rings (SSSR count). The van der Waals surface area contributed by atoms with Crippen LogP contribution in [-0.4, -0.2) is 102 Å². The van der Waals surface area contributed by atoms with Crippen LogP contribution in [0.5, 0.6) is 0 Å². The van der Waals surface area contributed by atoms with Gasteiger partial charge in [-0.2, -0.15) is 10.2 Å². The molecular weight excluding hydrogens is 759 g/mol. The van der Waals surface area contributed by atoms with Gasteiger partial charge in [0.05, 0.1) is 59.9 Å². The first kappa shape index (κ1) is 41.9. The van der Waals surface area contributed by atoms with E-state index in [0.717, 1.165) is 0 Å². The molecule has 7 N–H and O–H groups in total. The third-order valence-corrected chi connectivity index (χ3v) is 9.27. The van der Waals surface area contributed by atoms with E-state index in [1.54, 1.807) is 57.9 Å². The van der Waals surface area contributed by atoms with Crippen LogP contribution in [0, 0.1) is 13.8 Å². The van der Waals surface area contributed by atoms with Crippen molar-refractivity contribution in [3.63, 3.8) is 0 Å². The van der Waals surface area contributed by atoms with Gasteiger partial charge in [-0.15, -0.1) is 0 Å². The fraction of sp³-hybridized carbons (Fsp3) is 0.350. The largest absolute Gasteiger partial charge is 0.378 e. The number of imidazole rings is 2. The van der Waals surface area contributed by atoms with E-state index in [2.05, 4.69) is 31.1 Å². The van der Waals surface area contributed by atoms with Gasteiger partial charge in [-0.3, -0.25) is 39.2 Å². The lowest BCUT2D eigenvalue weighted by atomic mass is 10.2. The smallest absolute Gasteiger partial charge is 0.276 e. The number of benzene rings is 2. The molecule has 0 radical (unpaired) electrons. The molecule has 0 fully saturated rings. The number of amides is 4. The number of carbonyl (C=O) groups excluding carboxylic acids is 4. The molecule has 4 heterocycles. The molecule has 0 unspecified atom stereocenters. The van der Waals surface area contributed by atoms with E-state index in [-0.39, 0.29) is 42.4 Å². The number of allylic oxidation sites excluding steroid dienone is 2. The number of anilines is 2. The highest BCUT2D eigenvalue weighted by Gasteiger charge is 2.21. The lowest BCUT2D eigenvalue weighted by Crippen LogP contribution is -2.27. The van der Waals surface area contributed by atoms with Gasteiger partial charge in [0.25, 0.3) is 17.7 Å². The lowest BCUT2D eigenvalue weighted by Gasteiger charge is -2.10. The number of hydrogen-bond donors (Lipinski definition) is 5. The zero-order valence-electron chi connectivity index (χ0n) is 33.5. The summed E-state index contributed by atoms with van der Waals surface area (Å²) >= 11 is 0. The zero-order chi connectivity index (χ0) is 42.1. The summed E-state index contributed by atoms with van der Waals surface area (Å²) in [5.74, 6) is -1.15. The quantitative estimate of drug-likeness (QED) is 0.0554. The molecule has 0 aliphatic heterocycles. The van der Waals surface area contributed by atoms with Crippen molar-refractivity contribution in [1.29, 1.82) is 0 Å². The van der Waals surface area contributed by atoms with E-state index < -0.39 is 11.8 Å². The maximum absolute atomic E-state index is 13.6. The lowest BCUT2D eigenvalue weighted by molar-refractivity contribution is 0.0511. The molecular formula is C40H49N13O6. The van der Waals surface area contributed by atoms with E-state index in [4.69, 9.17) is 25.9 Å². The van der Waals surface area contributed by atoms with Gasteiger partial charge >= 0.3 is 0 Å². The summed E-state index contributed by atoms with van der Waals surface area (Å²) in [4.78, 5) is 61.5. The van der Waals surface area contributed by atoms with Gasteiger partial charge in [-0.05, 0) is 76.2 Å². The Kier molecular flexibility index (Phi) is 13.6. The number of hydrogen-bond acceptors (Lipinski definition) is 11. The molecule has 59 heavy (non-hydrogen) atoms. The van der Waals surface area contributed by atoms with Crippen LogP contribution >= 0.6 is 0 Å². The van der Waals surface area contributed by atoms with Gasteiger partial charge in [-0.25, -0.2) is 9.97 Å². The predicted octanol–water partition coefficient (Wildman–Crippen LogP) is 3.02. The van der Waals surface area contributed by atoms with E-state index in [0.29, 0.717) is 103 Å². The van der Waals surface area contributed by atoms with E-state index in [1.165, 1.54) is 0 Å². The number of aryl methyl sites for hydroxylation is 4. The van der Waals surface area contributed by atoms with Crippen LogP contribution in [0.25, 0.3) is 22.1 Å². The minimum Gasteiger partial charge on any atom is -0.378 e. The first-order chi connectivity index (χ1) is 28.5. The summed E-state index contributed by atoms with van der Waals surface area (Å²) in [6.07, 6.45) is 3.78. The molecule has 0 saturated carbocycles. The van der Waals surface area contributed by atoms with Crippen molar-refractivity contribution in [1.82, 2.24) is 44.0 Å². The second-order valence-electron chi connectivity index (χ2n) is 13.5. The monoisotopic (exact) mass is 807 g/mol. The van der Waals surface area contributed by atoms with Crippen molar-refractivity contribution < 1.29 is 28.7 Å². The summed E-state index contributed by atoms with van der Waals surface area (Å²) in [5, 5.41) is 17.5. The van der Waals surface area contributed by atoms with Gasteiger partial charge in [0.2, 0.25) is 17.8 Å². The Morgan fingerprint density at radius 2 is 1.17 bits per heavy atom. The maximum Gasteiger partial charge on any atom is 0.276 e. The average Bonchev–Trinajstić information content (AvgIpc) is 3.98. The molecule has 0 aliphatic carbocycles. The third-order valence-electron chi connectivity index (χ3n) is 9.27. The number of aromatic nitrogens is 8. The molecule has 0 aliphatic rings. The number of carbonyl (C=O) groups is 4. The molecule has 0 atom stereocenters. The van der Waals surface area contributed by atoms with Crippen molar-refractivity contribution in [2.75, 3.05) is 50.2 Å². The Morgan fingerprint density at radius 1 is 0.678 bits per heavy atom. The van der Waals surface area contributed by atoms with Gasteiger partial charge in [-0.1, -0.05) is 12.2 Å². The second kappa shape index (κ2) is 19.2. The Bertz CT molecular complexity index is 2510. The van der Waals surface area contributed by atoms with E-state index in [1.807, 2.05) is 49.0 Å². The minimum absolute atomic E-state index is 0.260. The van der Waals surface area contributed by atoms with Crippen LogP contribution in [0.3, 0.4) is 0 Å². The number of ether oxygens (including phenoxy) is 2. The van der Waals surface area contributed by atoms with Crippen LogP contribution in [-0.2, 0) is 35.7 Å². The molecule has 0 spiro atoms. The highest BCUT2D eigenvalue weighted by atomic mass is 16.5. The summed E-state index contributed by atoms with van der Waals surface area (Å²) in [5.41, 5.74) is 16.1. The number of nitrogens with zero attached hydrogens (tertiary/aromatic N) is 8. The normalized spacial score (nSPS) is 11.5. The van der Waals surface area contributed by atoms with Gasteiger partial charge in [0.15, 0.2) is 0 Å². The van der Waals surface area contributed by atoms with Gasteiger partial charge < -0.3 is 35.4 Å². The summed E-state index contributed by atoms with van der Waals surface area (Å²) in [6, 6.07) is 13.5. The van der Waals surface area contributed by atoms with Crippen LogP contribution in [0.4, 0.5) is 11.9 Å². The van der Waals surface area contributed by atoms with Crippen molar-refractivity contribution in [2.45, 2.75) is 53.9 Å². The molecule has 0 saturated heterocycles. The van der Waals surface area contributed by atoms with Crippen LogP contribution < -0.4 is 27.4 Å². The third kappa shape index (κ3) is 9.89. The van der Waals surface area contributed by atoms with E-state index >= 15 is 0 Å². The van der Waals surface area contributed by atoms with E-state index in [9.17, 15) is 19.2 Å². The Morgan fingerprint density at radius 3 is 1.66 bits per heavy atom. The minimum atomic E-state index is -0.599. The Hall–Kier alpha value is -6.70. The number of nitrogens with one attached hydrogen (secondary N) is 3. The first-order valence-electron chi connectivity index (χ1n) is 19.3. The topological polar surface area (TPSA) is 246 Å². The molecule has 4 aromatic heterocycles. The standard InChI is InChI=1S/C40H49N13O6/c1-5-52-33(21-25(3)48-52)37(56)46-39-44-29-23-27(35(42)54)9-11-31(29)50(39)15-7-8-16-51-32-12-10-28(36(55)43-14-18-59-20-19-58-17-13-41)24-30(32)45-40(51)47-38(57)34-22-26(4)49-53(34)6-2/h7-12,21-24H,5-6,13-20,41H2,1-4H3,(H2,42,54)(H,43,55)(H,44,46,56)(H,45,47,57)/b8-7+. The molecule has 19 heteroatoms. The summed E-state index contributed by atoms with van der Waals surface area (Å²) in [7, 11) is 0. The second-order valence-corrected chi connectivity index (χ2v) is 13.5. The molecule has 310 valence electrons. The SMILES string of the molecule is CCn1nc(C)cc1C(=O)Nc1nc2cc(C(N)=O)ccc2n1C/C=C/Cn1c(NC(=O)c2cc(C)nn2CC)nc2cc(C(=O)NCCOCCOCCN)ccc21. The van der Waals surface area contributed by atoms with Crippen molar-refractivity contribution in [3.8, 4) is 0 Å². The number of fused-ring (bicyclic) bond motifs is 2. The average molecular weight is 808 g/mol. The van der Waals surface area contributed by atoms with Gasteiger partial charge in [0, 0.05) is 50.4 Å². The van der Waals surface area contributed by atoms with Crippen LogP contribution in [0.15, 0.2) is 60.7 Å². The fourth-order valence-electron chi connectivity index (χ4n) is 6.49. The Balaban J connectivity index is 1.25. The molecule has 4 amide bonds. The molecule has 6 aromatic rings. The first-order valence-corrected chi connectivity index (χ1v) is 19.3. The summed E-state index contributed by atoms with van der Waals surface area (Å²) in [6.45, 7) is 11.3. The van der Waals surface area contributed by atoms with Crippen molar-refractivity contribution >= 4 is 57.6 Å². The van der Waals surface area contributed by atoms with Crippen LogP contribution in [0.1, 0.15) is 66.9 Å². The molecule has 0 bridgehead atoms. The zero-order valence-corrected chi connectivity index (χ0v) is 33.5. The predicted molar refractivity (Wildman–Crippen MR) is 221 cm³/mol. The number of primary amides is 1.